The van der Waals surface area contributed by atoms with Gasteiger partial charge in [-0.05, 0) is 20.8 Å². The molecule has 0 aliphatic heterocycles. The molecule has 0 unspecified atom stereocenters. The van der Waals surface area contributed by atoms with E-state index in [1.165, 1.54) is 6.20 Å². The fourth-order valence-electron chi connectivity index (χ4n) is 1.31. The maximum Gasteiger partial charge on any atom is 0.264 e. The molecule has 2 heterocycles. The molecule has 0 saturated carbocycles. The third-order valence-corrected chi connectivity index (χ3v) is 2.09. The number of hydrogen-bond acceptors (Lipinski definition) is 3. The summed E-state index contributed by atoms with van der Waals surface area (Å²) >= 11 is 0. The van der Waals surface area contributed by atoms with Gasteiger partial charge in [-0.15, -0.1) is 0 Å². The molecular weight excluding hydrogens is 180 g/mol. The standard InChI is InChI=1S/C9H12N4O/c1-9(2,3)13-5-10-7-6(8(13)14)4-11-12-7/h4-5H,1-3H3,(H,11,12). The van der Waals surface area contributed by atoms with Crippen LogP contribution in [-0.4, -0.2) is 19.7 Å². The number of H-pyrrole nitrogens is 1. The summed E-state index contributed by atoms with van der Waals surface area (Å²) in [6.45, 7) is 5.88. The van der Waals surface area contributed by atoms with E-state index in [2.05, 4.69) is 15.2 Å². The molecular formula is C9H12N4O. The number of nitrogens with one attached hydrogen (secondary N) is 1. The molecule has 0 radical (unpaired) electrons. The summed E-state index contributed by atoms with van der Waals surface area (Å²) < 4.78 is 1.60. The lowest BCUT2D eigenvalue weighted by molar-refractivity contribution is 0.382. The summed E-state index contributed by atoms with van der Waals surface area (Å²) in [6, 6.07) is 0. The fraction of sp³-hybridized carbons (Fsp3) is 0.444. The Morgan fingerprint density at radius 2 is 2.14 bits per heavy atom. The van der Waals surface area contributed by atoms with Crippen LogP contribution in [0.5, 0.6) is 0 Å². The largest absolute Gasteiger partial charge is 0.293 e. The molecule has 0 atom stereocenters. The van der Waals surface area contributed by atoms with Crippen LogP contribution in [-0.2, 0) is 5.54 Å². The highest BCUT2D eigenvalue weighted by Gasteiger charge is 2.16. The monoisotopic (exact) mass is 192 g/mol. The van der Waals surface area contributed by atoms with Crippen LogP contribution in [0.3, 0.4) is 0 Å². The molecule has 0 aliphatic rings. The van der Waals surface area contributed by atoms with Crippen molar-refractivity contribution in [3.8, 4) is 0 Å². The Balaban J connectivity index is 2.81. The van der Waals surface area contributed by atoms with E-state index in [0.717, 1.165) is 0 Å². The summed E-state index contributed by atoms with van der Waals surface area (Å²) in [4.78, 5) is 16.0. The van der Waals surface area contributed by atoms with Gasteiger partial charge in [0, 0.05) is 5.54 Å². The van der Waals surface area contributed by atoms with Crippen molar-refractivity contribution >= 4 is 11.0 Å². The first kappa shape index (κ1) is 8.93. The summed E-state index contributed by atoms with van der Waals surface area (Å²) in [6.07, 6.45) is 3.05. The SMILES string of the molecule is CC(C)(C)n1cnc2[nH]ncc2c1=O. The van der Waals surface area contributed by atoms with Crippen LogP contribution in [0.25, 0.3) is 11.0 Å². The molecule has 0 saturated heterocycles. The van der Waals surface area contributed by atoms with Crippen molar-refractivity contribution in [1.82, 2.24) is 19.7 Å². The van der Waals surface area contributed by atoms with Crippen LogP contribution in [0.4, 0.5) is 0 Å². The molecule has 0 amide bonds. The van der Waals surface area contributed by atoms with Gasteiger partial charge in [-0.2, -0.15) is 5.10 Å². The first-order valence-electron chi connectivity index (χ1n) is 4.41. The van der Waals surface area contributed by atoms with Crippen LogP contribution in [0.1, 0.15) is 20.8 Å². The van der Waals surface area contributed by atoms with E-state index in [-0.39, 0.29) is 11.1 Å². The zero-order chi connectivity index (χ0) is 10.3. The Morgan fingerprint density at radius 3 is 2.79 bits per heavy atom. The van der Waals surface area contributed by atoms with Crippen molar-refractivity contribution in [3.63, 3.8) is 0 Å². The number of nitrogens with zero attached hydrogens (tertiary/aromatic N) is 3. The highest BCUT2D eigenvalue weighted by atomic mass is 16.1. The fourth-order valence-corrected chi connectivity index (χ4v) is 1.31. The van der Waals surface area contributed by atoms with Crippen molar-refractivity contribution < 1.29 is 0 Å². The Hall–Kier alpha value is -1.65. The van der Waals surface area contributed by atoms with E-state index >= 15 is 0 Å². The molecule has 2 aromatic heterocycles. The molecule has 74 valence electrons. The molecule has 5 heteroatoms. The van der Waals surface area contributed by atoms with Gasteiger partial charge in [0.25, 0.3) is 5.56 Å². The first-order valence-corrected chi connectivity index (χ1v) is 4.41. The van der Waals surface area contributed by atoms with E-state index in [1.807, 2.05) is 20.8 Å². The van der Waals surface area contributed by atoms with Gasteiger partial charge in [0.15, 0.2) is 5.65 Å². The maximum atomic E-state index is 11.9. The predicted octanol–water partition coefficient (Wildman–Crippen LogP) is 0.875. The number of rotatable bonds is 0. The zero-order valence-electron chi connectivity index (χ0n) is 8.40. The molecule has 0 spiro atoms. The van der Waals surface area contributed by atoms with E-state index in [9.17, 15) is 4.79 Å². The molecule has 14 heavy (non-hydrogen) atoms. The average molecular weight is 192 g/mol. The summed E-state index contributed by atoms with van der Waals surface area (Å²) in [5.41, 5.74) is 0.224. The normalized spacial score (nSPS) is 12.2. The van der Waals surface area contributed by atoms with Gasteiger partial charge in [0.2, 0.25) is 0 Å². The van der Waals surface area contributed by atoms with Crippen molar-refractivity contribution in [3.05, 3.63) is 22.9 Å². The Bertz CT molecular complexity index is 517. The number of aromatic amines is 1. The van der Waals surface area contributed by atoms with E-state index in [4.69, 9.17) is 0 Å². The third-order valence-electron chi connectivity index (χ3n) is 2.09. The third kappa shape index (κ3) is 1.21. The summed E-state index contributed by atoms with van der Waals surface area (Å²) in [7, 11) is 0. The van der Waals surface area contributed by atoms with Crippen LogP contribution in [0, 0.1) is 0 Å². The smallest absolute Gasteiger partial charge is 0.264 e. The molecule has 2 rings (SSSR count). The van der Waals surface area contributed by atoms with Crippen molar-refractivity contribution in [1.29, 1.82) is 0 Å². The summed E-state index contributed by atoms with van der Waals surface area (Å²) in [5.74, 6) is 0. The van der Waals surface area contributed by atoms with Crippen LogP contribution in [0.2, 0.25) is 0 Å². The minimum absolute atomic E-state index is 0.0590. The van der Waals surface area contributed by atoms with E-state index < -0.39 is 0 Å². The number of fused-ring (bicyclic) bond motifs is 1. The minimum atomic E-state index is -0.254. The molecule has 0 bridgehead atoms. The number of hydrogen-bond donors (Lipinski definition) is 1. The Labute approximate surface area is 80.8 Å². The number of aromatic nitrogens is 4. The molecule has 0 aromatic carbocycles. The van der Waals surface area contributed by atoms with E-state index in [1.54, 1.807) is 10.9 Å². The van der Waals surface area contributed by atoms with Crippen molar-refractivity contribution in [2.45, 2.75) is 26.3 Å². The van der Waals surface area contributed by atoms with Crippen LogP contribution < -0.4 is 5.56 Å². The van der Waals surface area contributed by atoms with Gasteiger partial charge < -0.3 is 0 Å². The Kier molecular flexibility index (Phi) is 1.70. The Morgan fingerprint density at radius 1 is 1.43 bits per heavy atom. The second kappa shape index (κ2) is 2.67. The molecule has 1 N–H and O–H groups in total. The van der Waals surface area contributed by atoms with Gasteiger partial charge in [0.05, 0.1) is 6.20 Å². The lowest BCUT2D eigenvalue weighted by Crippen LogP contribution is -2.33. The van der Waals surface area contributed by atoms with Gasteiger partial charge in [-0.3, -0.25) is 14.5 Å². The highest BCUT2D eigenvalue weighted by Crippen LogP contribution is 2.11. The van der Waals surface area contributed by atoms with Crippen LogP contribution >= 0.6 is 0 Å². The zero-order valence-corrected chi connectivity index (χ0v) is 8.40. The maximum absolute atomic E-state index is 11.9. The molecule has 2 aromatic rings. The van der Waals surface area contributed by atoms with Gasteiger partial charge in [-0.25, -0.2) is 4.98 Å². The second-order valence-electron chi connectivity index (χ2n) is 4.22. The lowest BCUT2D eigenvalue weighted by Gasteiger charge is -2.21. The predicted molar refractivity (Wildman–Crippen MR) is 53.1 cm³/mol. The molecule has 0 aliphatic carbocycles. The average Bonchev–Trinajstić information content (AvgIpc) is 2.50. The summed E-state index contributed by atoms with van der Waals surface area (Å²) in [5, 5.41) is 6.98. The second-order valence-corrected chi connectivity index (χ2v) is 4.22. The highest BCUT2D eigenvalue weighted by molar-refractivity contribution is 5.71. The minimum Gasteiger partial charge on any atom is -0.293 e. The van der Waals surface area contributed by atoms with Gasteiger partial charge in [0.1, 0.15) is 11.7 Å². The van der Waals surface area contributed by atoms with Gasteiger partial charge >= 0.3 is 0 Å². The topological polar surface area (TPSA) is 63.6 Å². The van der Waals surface area contributed by atoms with E-state index in [0.29, 0.717) is 11.0 Å². The van der Waals surface area contributed by atoms with Crippen LogP contribution in [0.15, 0.2) is 17.3 Å². The molecule has 0 fully saturated rings. The lowest BCUT2D eigenvalue weighted by atomic mass is 10.1. The first-order chi connectivity index (χ1) is 6.50. The quantitative estimate of drug-likeness (QED) is 0.673. The van der Waals surface area contributed by atoms with Crippen molar-refractivity contribution in [2.75, 3.05) is 0 Å². The molecule has 5 nitrogen and oxygen atoms in total. The van der Waals surface area contributed by atoms with Crippen molar-refractivity contribution in [2.24, 2.45) is 0 Å². The van der Waals surface area contributed by atoms with Gasteiger partial charge in [-0.1, -0.05) is 0 Å².